The van der Waals surface area contributed by atoms with E-state index >= 15 is 0 Å². The van der Waals surface area contributed by atoms with Gasteiger partial charge in [-0.3, -0.25) is 0 Å². The summed E-state index contributed by atoms with van der Waals surface area (Å²) in [5.41, 5.74) is 10.0. The first-order valence-corrected chi connectivity index (χ1v) is 13.8. The Labute approximate surface area is 247 Å². The third kappa shape index (κ3) is 9.27. The van der Waals surface area contributed by atoms with Gasteiger partial charge in [-0.2, -0.15) is 9.81 Å². The molecule has 0 atom stereocenters. The molecule has 2 aromatic rings. The molecule has 198 valence electrons. The van der Waals surface area contributed by atoms with Gasteiger partial charge < -0.3 is 50.5 Å². The van der Waals surface area contributed by atoms with E-state index in [2.05, 4.69) is 93.5 Å². The number of benzene rings is 2. The zero-order valence-corrected chi connectivity index (χ0v) is 27.1. The minimum absolute atomic E-state index is 0. The molecule has 0 unspecified atom stereocenters. The standard InChI is InChI=1S/2C15H22S2.Ni/c2*1-6-13(16)15(17)14-10(4)7-12(9(2)3)8-11(14)5;/h2*7-9,16-17H,6H2,1-5H3;/p-4/b2*15-13-;. The minimum Gasteiger partial charge on any atom is -0.785 e. The molecule has 0 aliphatic heterocycles. The molecule has 0 radical (unpaired) electrons. The predicted molar refractivity (Wildman–Crippen MR) is 164 cm³/mol. The van der Waals surface area contributed by atoms with Crippen molar-refractivity contribution in [2.45, 2.75) is 93.9 Å². The molecule has 35 heavy (non-hydrogen) atoms. The molecule has 0 nitrogen and oxygen atoms in total. The van der Waals surface area contributed by atoms with Crippen molar-refractivity contribution in [3.8, 4) is 0 Å². The van der Waals surface area contributed by atoms with Crippen LogP contribution in [0.25, 0.3) is 9.81 Å². The van der Waals surface area contributed by atoms with Crippen LogP contribution in [0.3, 0.4) is 0 Å². The second-order valence-corrected chi connectivity index (χ2v) is 11.4. The Hall–Kier alpha value is -0.706. The van der Waals surface area contributed by atoms with E-state index in [4.69, 9.17) is 50.5 Å². The molecule has 0 saturated heterocycles. The first-order chi connectivity index (χ1) is 15.8. The van der Waals surface area contributed by atoms with Gasteiger partial charge in [-0.15, -0.1) is 0 Å². The summed E-state index contributed by atoms with van der Waals surface area (Å²) in [6.45, 7) is 21.5. The van der Waals surface area contributed by atoms with E-state index in [1.54, 1.807) is 0 Å². The van der Waals surface area contributed by atoms with Crippen LogP contribution in [-0.2, 0) is 67.0 Å². The molecular formula is C30H40NiS4-4. The van der Waals surface area contributed by atoms with E-state index in [-0.39, 0.29) is 16.5 Å². The zero-order chi connectivity index (χ0) is 26.3. The van der Waals surface area contributed by atoms with Gasteiger partial charge in [0.15, 0.2) is 0 Å². The van der Waals surface area contributed by atoms with E-state index in [1.807, 2.05) is 0 Å². The van der Waals surface area contributed by atoms with Gasteiger partial charge >= 0.3 is 0 Å². The van der Waals surface area contributed by atoms with E-state index in [9.17, 15) is 0 Å². The van der Waals surface area contributed by atoms with Crippen LogP contribution in [0.2, 0.25) is 0 Å². The van der Waals surface area contributed by atoms with Crippen LogP contribution in [0.4, 0.5) is 0 Å². The number of aryl methyl sites for hydroxylation is 4. The molecule has 5 heteroatoms. The average molecular weight is 588 g/mol. The van der Waals surface area contributed by atoms with Crippen LogP contribution in [0.15, 0.2) is 34.1 Å². The Morgan fingerprint density at radius 2 is 0.800 bits per heavy atom. The van der Waals surface area contributed by atoms with E-state index in [1.165, 1.54) is 33.4 Å². The first-order valence-electron chi connectivity index (χ1n) is 12.1. The van der Waals surface area contributed by atoms with Gasteiger partial charge in [0, 0.05) is 16.5 Å². The van der Waals surface area contributed by atoms with Gasteiger partial charge in [0.05, 0.1) is 0 Å². The van der Waals surface area contributed by atoms with E-state index < -0.39 is 0 Å². The molecule has 0 aromatic heterocycles. The number of rotatable bonds is 6. The molecule has 0 N–H and O–H groups in total. The fourth-order valence-electron chi connectivity index (χ4n) is 3.98. The summed E-state index contributed by atoms with van der Waals surface area (Å²) >= 11 is 21.6. The number of hydrogen-bond donors (Lipinski definition) is 0. The maximum absolute atomic E-state index is 5.49. The van der Waals surface area contributed by atoms with Crippen LogP contribution in [-0.4, -0.2) is 0 Å². The molecule has 0 bridgehead atoms. The molecule has 0 spiro atoms. The third-order valence-corrected chi connectivity index (χ3v) is 8.19. The van der Waals surface area contributed by atoms with Gasteiger partial charge in [0.25, 0.3) is 0 Å². The summed E-state index contributed by atoms with van der Waals surface area (Å²) in [7, 11) is 0. The molecular weight excluding hydrogens is 547 g/mol. The summed E-state index contributed by atoms with van der Waals surface area (Å²) in [5, 5.41) is 0. The first kappa shape index (κ1) is 34.3. The molecule has 0 aliphatic rings. The minimum atomic E-state index is 0. The van der Waals surface area contributed by atoms with Crippen molar-refractivity contribution >= 4 is 60.3 Å². The van der Waals surface area contributed by atoms with Crippen molar-refractivity contribution in [3.05, 3.63) is 78.6 Å². The van der Waals surface area contributed by atoms with Gasteiger partial charge in [-0.25, -0.2) is 9.81 Å². The number of hydrogen-bond acceptors (Lipinski definition) is 4. The van der Waals surface area contributed by atoms with E-state index in [0.29, 0.717) is 11.8 Å². The maximum Gasteiger partial charge on any atom is 0 e. The van der Waals surface area contributed by atoms with Crippen LogP contribution in [0.5, 0.6) is 0 Å². The molecule has 0 heterocycles. The Morgan fingerprint density at radius 3 is 0.971 bits per heavy atom. The summed E-state index contributed by atoms with van der Waals surface area (Å²) in [4.78, 5) is 3.49. The fraction of sp³-hybridized carbons (Fsp3) is 0.467. The van der Waals surface area contributed by atoms with Crippen molar-refractivity contribution in [2.75, 3.05) is 0 Å². The van der Waals surface area contributed by atoms with Gasteiger partial charge in [0.1, 0.15) is 0 Å². The van der Waals surface area contributed by atoms with Crippen LogP contribution in [0, 0.1) is 27.7 Å². The Bertz CT molecular complexity index is 931. The molecule has 0 fully saturated rings. The largest absolute Gasteiger partial charge is 0.785 e. The average Bonchev–Trinajstić information content (AvgIpc) is 2.76. The molecule has 0 saturated carbocycles. The van der Waals surface area contributed by atoms with E-state index in [0.717, 1.165) is 43.6 Å². The maximum atomic E-state index is 5.49. The second-order valence-electron chi connectivity index (χ2n) is 9.58. The molecule has 2 aromatic carbocycles. The topological polar surface area (TPSA) is 0 Å². The Morgan fingerprint density at radius 1 is 0.571 bits per heavy atom. The smallest absolute Gasteiger partial charge is 0 e. The van der Waals surface area contributed by atoms with Crippen molar-refractivity contribution in [3.63, 3.8) is 0 Å². The quantitative estimate of drug-likeness (QED) is 0.244. The normalized spacial score (nSPS) is 12.5. The SMILES string of the molecule is CC/C([S-])=C(/[S-])c1c(C)cc(C(C)C)cc1C.CC/C([S-])=C(/[S-])c1c(C)cc(C(C)C)cc1C.[Ni]. The van der Waals surface area contributed by atoms with Crippen molar-refractivity contribution in [2.24, 2.45) is 0 Å². The Kier molecular flexibility index (Phi) is 15.2. The third-order valence-electron chi connectivity index (χ3n) is 6.05. The van der Waals surface area contributed by atoms with Crippen molar-refractivity contribution in [1.29, 1.82) is 0 Å². The van der Waals surface area contributed by atoms with Crippen LogP contribution >= 0.6 is 0 Å². The molecule has 2 rings (SSSR count). The zero-order valence-electron chi connectivity index (χ0n) is 22.8. The van der Waals surface area contributed by atoms with Gasteiger partial charge in [-0.05, 0) is 84.0 Å². The van der Waals surface area contributed by atoms with Crippen LogP contribution < -0.4 is 0 Å². The summed E-state index contributed by atoms with van der Waals surface area (Å²) < 4.78 is 0. The Balaban J connectivity index is 0.000000642. The predicted octanol–water partition coefficient (Wildman–Crippen LogP) is 9.20. The molecule has 0 aliphatic carbocycles. The second kappa shape index (κ2) is 15.5. The van der Waals surface area contributed by atoms with Crippen LogP contribution in [0.1, 0.15) is 111 Å². The van der Waals surface area contributed by atoms with Crippen molar-refractivity contribution in [1.82, 2.24) is 0 Å². The summed E-state index contributed by atoms with van der Waals surface area (Å²) in [5.74, 6) is 1.10. The van der Waals surface area contributed by atoms with Gasteiger partial charge in [0.2, 0.25) is 0 Å². The molecule has 0 amide bonds. The van der Waals surface area contributed by atoms with Crippen molar-refractivity contribution < 1.29 is 16.5 Å². The monoisotopic (exact) mass is 586 g/mol. The summed E-state index contributed by atoms with van der Waals surface area (Å²) in [6.07, 6.45) is 1.69. The summed E-state index contributed by atoms with van der Waals surface area (Å²) in [6, 6.07) is 8.93. The number of allylic oxidation sites excluding steroid dienone is 2. The fourth-order valence-corrected chi connectivity index (χ4v) is 5.11. The van der Waals surface area contributed by atoms with Gasteiger partial charge in [-0.1, -0.05) is 78.6 Å².